The van der Waals surface area contributed by atoms with Crippen LogP contribution in [0.1, 0.15) is 29.9 Å². The Hall–Kier alpha value is -2.02. The second-order valence-electron chi connectivity index (χ2n) is 4.99. The number of likely N-dealkylation sites (tertiary alicyclic amines) is 1. The van der Waals surface area contributed by atoms with Gasteiger partial charge in [0.05, 0.1) is 12.5 Å². The maximum Gasteiger partial charge on any atom is 0.289 e. The van der Waals surface area contributed by atoms with Gasteiger partial charge in [-0.05, 0) is 25.9 Å². The molecule has 1 amide bonds. The Bertz CT molecular complexity index is 589. The monoisotopic (exact) mass is 274 g/mol. The van der Waals surface area contributed by atoms with Gasteiger partial charge in [0.25, 0.3) is 5.91 Å². The van der Waals surface area contributed by atoms with Crippen molar-refractivity contribution in [2.24, 2.45) is 0 Å². The van der Waals surface area contributed by atoms with Crippen molar-refractivity contribution < 1.29 is 4.79 Å². The number of rotatable bonds is 4. The number of hydrogen-bond acceptors (Lipinski definition) is 5. The summed E-state index contributed by atoms with van der Waals surface area (Å²) in [5.41, 5.74) is 1.25. The van der Waals surface area contributed by atoms with Gasteiger partial charge in [-0.25, -0.2) is 15.0 Å². The maximum absolute atomic E-state index is 12.0. The second-order valence-corrected chi connectivity index (χ2v) is 4.99. The maximum atomic E-state index is 12.0. The highest BCUT2D eigenvalue weighted by Crippen LogP contribution is 2.07. The molecule has 20 heavy (non-hydrogen) atoms. The first-order valence-corrected chi connectivity index (χ1v) is 6.99. The molecule has 1 fully saturated rings. The van der Waals surface area contributed by atoms with Crippen LogP contribution < -0.4 is 5.32 Å². The summed E-state index contributed by atoms with van der Waals surface area (Å²) in [6.45, 7) is 3.77. The van der Waals surface area contributed by atoms with Crippen molar-refractivity contribution in [3.05, 3.63) is 18.3 Å². The van der Waals surface area contributed by atoms with Gasteiger partial charge in [0.2, 0.25) is 5.82 Å². The lowest BCUT2D eigenvalue weighted by molar-refractivity contribution is 0.0936. The number of carbonyl (C=O) groups is 1. The number of nitrogens with zero attached hydrogens (tertiary/aromatic N) is 4. The number of imidazole rings is 1. The zero-order valence-corrected chi connectivity index (χ0v) is 11.3. The number of aromatic nitrogens is 4. The Morgan fingerprint density at radius 3 is 3.00 bits per heavy atom. The highest BCUT2D eigenvalue weighted by molar-refractivity contribution is 5.91. The minimum absolute atomic E-state index is 0.170. The van der Waals surface area contributed by atoms with E-state index in [1.165, 1.54) is 25.6 Å². The van der Waals surface area contributed by atoms with Crippen LogP contribution in [-0.4, -0.2) is 56.9 Å². The van der Waals surface area contributed by atoms with E-state index in [0.717, 1.165) is 25.2 Å². The molecule has 1 aliphatic heterocycles. The third-order valence-electron chi connectivity index (χ3n) is 3.54. The number of piperidine rings is 1. The third kappa shape index (κ3) is 2.93. The Kier molecular flexibility index (Phi) is 3.87. The summed E-state index contributed by atoms with van der Waals surface area (Å²) in [7, 11) is 0. The lowest BCUT2D eigenvalue weighted by Crippen LogP contribution is -2.38. The number of carbonyl (C=O) groups excluding carboxylic acids is 1. The Balaban J connectivity index is 1.53. The van der Waals surface area contributed by atoms with E-state index in [4.69, 9.17) is 0 Å². The van der Waals surface area contributed by atoms with Crippen molar-refractivity contribution in [2.45, 2.75) is 19.3 Å². The lowest BCUT2D eigenvalue weighted by Gasteiger charge is -2.26. The van der Waals surface area contributed by atoms with Crippen LogP contribution in [0.3, 0.4) is 0 Å². The number of aromatic amines is 1. The molecule has 0 saturated carbocycles. The summed E-state index contributed by atoms with van der Waals surface area (Å²) in [5.74, 6) is -0.0739. The molecule has 0 bridgehead atoms. The van der Waals surface area contributed by atoms with Crippen LogP contribution in [0.5, 0.6) is 0 Å². The first kappa shape index (κ1) is 13.0. The van der Waals surface area contributed by atoms with Gasteiger partial charge >= 0.3 is 0 Å². The Morgan fingerprint density at radius 2 is 2.15 bits per heavy atom. The molecule has 0 atom stereocenters. The van der Waals surface area contributed by atoms with Crippen LogP contribution in [0.2, 0.25) is 0 Å². The van der Waals surface area contributed by atoms with Crippen molar-refractivity contribution in [1.29, 1.82) is 0 Å². The summed E-state index contributed by atoms with van der Waals surface area (Å²) >= 11 is 0. The van der Waals surface area contributed by atoms with Gasteiger partial charge in [-0.15, -0.1) is 0 Å². The summed E-state index contributed by atoms with van der Waals surface area (Å²) < 4.78 is 0. The minimum atomic E-state index is -0.244. The van der Waals surface area contributed by atoms with Crippen LogP contribution in [0.15, 0.2) is 12.5 Å². The van der Waals surface area contributed by atoms with Gasteiger partial charge in [0.1, 0.15) is 5.52 Å². The van der Waals surface area contributed by atoms with E-state index < -0.39 is 0 Å². The molecule has 2 aromatic heterocycles. The largest absolute Gasteiger partial charge is 0.348 e. The van der Waals surface area contributed by atoms with Gasteiger partial charge < -0.3 is 15.2 Å². The van der Waals surface area contributed by atoms with Gasteiger partial charge in [0, 0.05) is 13.1 Å². The Morgan fingerprint density at radius 1 is 1.30 bits per heavy atom. The molecular weight excluding hydrogens is 256 g/mol. The van der Waals surface area contributed by atoms with Gasteiger partial charge in [0.15, 0.2) is 5.65 Å². The van der Waals surface area contributed by atoms with Gasteiger partial charge in [-0.2, -0.15) is 0 Å². The summed E-state index contributed by atoms with van der Waals surface area (Å²) in [4.78, 5) is 29.4. The third-order valence-corrected chi connectivity index (χ3v) is 3.54. The number of hydrogen-bond donors (Lipinski definition) is 2. The summed E-state index contributed by atoms with van der Waals surface area (Å²) in [5, 5.41) is 2.86. The van der Waals surface area contributed by atoms with Crippen molar-refractivity contribution in [3.63, 3.8) is 0 Å². The van der Waals surface area contributed by atoms with Crippen LogP contribution in [-0.2, 0) is 0 Å². The molecule has 1 saturated heterocycles. The van der Waals surface area contributed by atoms with E-state index in [-0.39, 0.29) is 11.7 Å². The molecule has 2 aromatic rings. The predicted molar refractivity (Wildman–Crippen MR) is 74.3 cm³/mol. The van der Waals surface area contributed by atoms with E-state index in [2.05, 4.69) is 30.2 Å². The van der Waals surface area contributed by atoms with E-state index in [0.29, 0.717) is 12.2 Å². The molecule has 3 heterocycles. The normalized spacial score (nSPS) is 16.4. The molecule has 0 unspecified atom stereocenters. The van der Waals surface area contributed by atoms with Gasteiger partial charge in [-0.3, -0.25) is 4.79 Å². The second kappa shape index (κ2) is 5.96. The first-order chi connectivity index (χ1) is 9.83. The lowest BCUT2D eigenvalue weighted by atomic mass is 10.1. The number of nitrogens with one attached hydrogen (secondary N) is 2. The molecule has 2 N–H and O–H groups in total. The molecule has 0 radical (unpaired) electrons. The molecule has 0 aliphatic carbocycles. The fourth-order valence-corrected chi connectivity index (χ4v) is 2.44. The number of fused-ring (bicyclic) bond motifs is 1. The highest BCUT2D eigenvalue weighted by atomic mass is 16.2. The molecule has 7 nitrogen and oxygen atoms in total. The van der Waals surface area contributed by atoms with Crippen LogP contribution in [0.4, 0.5) is 0 Å². The number of H-pyrrole nitrogens is 1. The van der Waals surface area contributed by atoms with E-state index in [1.54, 1.807) is 6.20 Å². The SMILES string of the molecule is O=C(NCCN1CCCCC1)c1ncc2[nH]cnc2n1. The topological polar surface area (TPSA) is 86.8 Å². The summed E-state index contributed by atoms with van der Waals surface area (Å²) in [6, 6.07) is 0. The van der Waals surface area contributed by atoms with E-state index >= 15 is 0 Å². The number of amides is 1. The standard InChI is InChI=1S/C13H18N6O/c20-13(14-4-7-19-5-2-1-3-6-19)12-15-8-10-11(18-12)17-9-16-10/h8-9H,1-7H2,(H,14,20)(H,15,16,17,18). The average Bonchev–Trinajstić information content (AvgIpc) is 2.95. The predicted octanol–water partition coefficient (Wildman–Crippen LogP) is 0.569. The minimum Gasteiger partial charge on any atom is -0.348 e. The molecular formula is C13H18N6O. The fraction of sp³-hybridized carbons (Fsp3) is 0.538. The molecule has 0 aromatic carbocycles. The first-order valence-electron chi connectivity index (χ1n) is 6.99. The van der Waals surface area contributed by atoms with Crippen molar-refractivity contribution in [1.82, 2.24) is 30.2 Å². The smallest absolute Gasteiger partial charge is 0.289 e. The van der Waals surface area contributed by atoms with Gasteiger partial charge in [-0.1, -0.05) is 6.42 Å². The van der Waals surface area contributed by atoms with E-state index in [9.17, 15) is 4.79 Å². The molecule has 0 spiro atoms. The van der Waals surface area contributed by atoms with Crippen molar-refractivity contribution in [3.8, 4) is 0 Å². The summed E-state index contributed by atoms with van der Waals surface area (Å²) in [6.07, 6.45) is 6.95. The molecule has 106 valence electrons. The average molecular weight is 274 g/mol. The van der Waals surface area contributed by atoms with Crippen molar-refractivity contribution >= 4 is 17.1 Å². The zero-order valence-electron chi connectivity index (χ0n) is 11.3. The van der Waals surface area contributed by atoms with Crippen LogP contribution in [0.25, 0.3) is 11.2 Å². The van der Waals surface area contributed by atoms with Crippen LogP contribution in [0, 0.1) is 0 Å². The Labute approximate surface area is 116 Å². The quantitative estimate of drug-likeness (QED) is 0.851. The molecule has 1 aliphatic rings. The zero-order chi connectivity index (χ0) is 13.8. The van der Waals surface area contributed by atoms with Crippen LogP contribution >= 0.6 is 0 Å². The van der Waals surface area contributed by atoms with E-state index in [1.807, 2.05) is 0 Å². The molecule has 3 rings (SSSR count). The fourth-order valence-electron chi connectivity index (χ4n) is 2.44. The highest BCUT2D eigenvalue weighted by Gasteiger charge is 2.13. The van der Waals surface area contributed by atoms with Crippen molar-refractivity contribution in [2.75, 3.05) is 26.2 Å². The molecule has 7 heteroatoms.